The van der Waals surface area contributed by atoms with Crippen molar-refractivity contribution >= 4 is 11.0 Å². The van der Waals surface area contributed by atoms with E-state index in [9.17, 15) is 0 Å². The Balaban J connectivity index is 0.000000124. The second-order valence-corrected chi connectivity index (χ2v) is 20.9. The van der Waals surface area contributed by atoms with Gasteiger partial charge in [0.25, 0.3) is 0 Å². The molecule has 0 aliphatic carbocycles. The zero-order valence-electron chi connectivity index (χ0n) is 41.5. The van der Waals surface area contributed by atoms with Crippen LogP contribution < -0.4 is 28.2 Å². The first-order valence-corrected chi connectivity index (χ1v) is 26.4. The van der Waals surface area contributed by atoms with Gasteiger partial charge >= 0.3 is 11.3 Å². The van der Waals surface area contributed by atoms with Crippen LogP contribution in [0.3, 0.4) is 0 Å². The van der Waals surface area contributed by atoms with E-state index >= 15 is 0 Å². The molecule has 20 rings (SSSR count). The minimum atomic E-state index is -0.649. The van der Waals surface area contributed by atoms with Gasteiger partial charge < -0.3 is 18.3 Å². The summed E-state index contributed by atoms with van der Waals surface area (Å²) < 4.78 is 36.2. The van der Waals surface area contributed by atoms with E-state index in [0.717, 1.165) is 73.7 Å². The highest BCUT2D eigenvalue weighted by molar-refractivity contribution is 5.75. The van der Waals surface area contributed by atoms with Crippen LogP contribution in [-0.2, 0) is 11.3 Å². The van der Waals surface area contributed by atoms with Crippen LogP contribution in [0.2, 0.25) is 0 Å². The van der Waals surface area contributed by atoms with Crippen LogP contribution >= 0.6 is 0 Å². The number of ether oxygens (including phenoxy) is 2. The maximum Gasteiger partial charge on any atom is 0.469 e. The fourth-order valence-electron chi connectivity index (χ4n) is 14.1. The summed E-state index contributed by atoms with van der Waals surface area (Å²) >= 11 is 0. The van der Waals surface area contributed by atoms with Crippen molar-refractivity contribution in [2.45, 2.75) is 11.3 Å². The summed E-state index contributed by atoms with van der Waals surface area (Å²) in [5.74, 6) is 3.59. The minimum Gasteiger partial charge on any atom is -0.455 e. The largest absolute Gasteiger partial charge is 0.469 e. The van der Waals surface area contributed by atoms with Crippen LogP contribution in [-0.4, -0.2) is 27.5 Å². The second kappa shape index (κ2) is 14.2. The van der Waals surface area contributed by atoms with Crippen molar-refractivity contribution in [1.29, 1.82) is 0 Å². The normalized spacial score (nSPS) is 17.0. The van der Waals surface area contributed by atoms with Crippen molar-refractivity contribution in [2.75, 3.05) is 0 Å². The molecule has 2 unspecified atom stereocenters. The van der Waals surface area contributed by atoms with E-state index < -0.39 is 11.3 Å². The standard InChI is InChI=1S/C39H25N5O.C27H17N5O/c1-2-8-26(9-3-1)27-15-17-28(18-16-27)29-22-41-33-11-6-13-35-37(33)39(43(41)24-29)38-34(12-7-14-36(38)45-35)42-23-30(25-44(39)42)32-20-19-31-10-4-5-21-40(31)32;1-2-13-28-19(6-1)11-12-20(28)18-16-30-22-8-4-10-24-26(22)27(32(30)17-18)25-21(7-3-9-23(25)33-24)29-14-5-15-31(27)29/h1-25H;1-17H/q2*+2. The summed E-state index contributed by atoms with van der Waals surface area (Å²) in [4.78, 5) is 0. The molecule has 0 saturated carbocycles. The number of hydrogen-bond donors (Lipinski definition) is 0. The third-order valence-electron chi connectivity index (χ3n) is 17.2. The Morgan fingerprint density at radius 3 is 1.21 bits per heavy atom. The quantitative estimate of drug-likeness (QED) is 0.165. The molecule has 6 aromatic carbocycles. The lowest BCUT2D eigenvalue weighted by atomic mass is 9.87. The number of nitrogens with zero attached hydrogens (tertiary/aromatic N) is 10. The van der Waals surface area contributed by atoms with E-state index in [1.54, 1.807) is 0 Å². The third-order valence-corrected chi connectivity index (χ3v) is 17.2. The second-order valence-electron chi connectivity index (χ2n) is 20.9. The van der Waals surface area contributed by atoms with Crippen molar-refractivity contribution < 1.29 is 28.2 Å². The van der Waals surface area contributed by atoms with Gasteiger partial charge in [0.15, 0.2) is 22.3 Å². The molecule has 6 aliphatic heterocycles. The molecule has 8 aromatic heterocycles. The maximum atomic E-state index is 6.63. The lowest BCUT2D eigenvalue weighted by molar-refractivity contribution is -1.02. The highest BCUT2D eigenvalue weighted by Crippen LogP contribution is 2.56. The summed E-state index contributed by atoms with van der Waals surface area (Å²) in [6.45, 7) is 0. The molecule has 12 heteroatoms. The van der Waals surface area contributed by atoms with Crippen molar-refractivity contribution in [3.05, 3.63) is 278 Å². The number of pyridine rings is 2. The van der Waals surface area contributed by atoms with E-state index in [2.05, 4.69) is 302 Å². The molecule has 0 fully saturated rings. The van der Waals surface area contributed by atoms with Crippen LogP contribution in [0.15, 0.2) is 256 Å². The van der Waals surface area contributed by atoms with Gasteiger partial charge in [-0.25, -0.2) is 0 Å². The van der Waals surface area contributed by atoms with Crippen molar-refractivity contribution in [2.24, 2.45) is 0 Å². The Kier molecular flexibility index (Phi) is 7.37. The summed E-state index contributed by atoms with van der Waals surface area (Å²) in [6, 6.07) is 68.4. The molecule has 2 atom stereocenters. The number of benzene rings is 6. The molecule has 364 valence electrons. The van der Waals surface area contributed by atoms with E-state index in [-0.39, 0.29) is 0 Å². The first-order chi connectivity index (χ1) is 38.6. The summed E-state index contributed by atoms with van der Waals surface area (Å²) in [5, 5.41) is 0. The number of rotatable bonds is 4. The highest BCUT2D eigenvalue weighted by atomic mass is 16.5. The number of hydrogen-bond acceptors (Lipinski definition) is 2. The van der Waals surface area contributed by atoms with Gasteiger partial charge in [0.1, 0.15) is 45.7 Å². The fourth-order valence-corrected chi connectivity index (χ4v) is 14.1. The van der Waals surface area contributed by atoms with E-state index in [0.29, 0.717) is 0 Å². The molecule has 0 radical (unpaired) electrons. The highest BCUT2D eigenvalue weighted by Gasteiger charge is 2.75. The smallest absolute Gasteiger partial charge is 0.455 e. The maximum absolute atomic E-state index is 6.63. The molecular weight excluding hydrogens is 965 g/mol. The molecule has 0 bridgehead atoms. The predicted octanol–water partition coefficient (Wildman–Crippen LogP) is 10.9. The molecule has 0 saturated heterocycles. The van der Waals surface area contributed by atoms with E-state index in [1.807, 2.05) is 0 Å². The van der Waals surface area contributed by atoms with E-state index in [4.69, 9.17) is 9.47 Å². The molecule has 2 spiro atoms. The van der Waals surface area contributed by atoms with Crippen LogP contribution in [0, 0.1) is 0 Å². The van der Waals surface area contributed by atoms with Gasteiger partial charge in [0.05, 0.1) is 52.9 Å². The summed E-state index contributed by atoms with van der Waals surface area (Å²) in [7, 11) is 0. The zero-order chi connectivity index (χ0) is 50.6. The molecule has 12 nitrogen and oxygen atoms in total. The van der Waals surface area contributed by atoms with Crippen molar-refractivity contribution in [3.63, 3.8) is 0 Å². The lowest BCUT2D eigenvalue weighted by Crippen LogP contribution is -2.74. The van der Waals surface area contributed by atoms with Gasteiger partial charge in [-0.1, -0.05) is 91.0 Å². The lowest BCUT2D eigenvalue weighted by Gasteiger charge is -2.22. The Labute approximate surface area is 444 Å². The third kappa shape index (κ3) is 4.79. The first-order valence-electron chi connectivity index (χ1n) is 26.4. The number of aromatic nitrogens is 10. The van der Waals surface area contributed by atoms with E-state index in [1.165, 1.54) is 50.1 Å². The minimum absolute atomic E-state index is 0.537. The van der Waals surface area contributed by atoms with Crippen LogP contribution in [0.5, 0.6) is 23.0 Å². The summed E-state index contributed by atoms with van der Waals surface area (Å²) in [5.41, 5.74) is 19.8. The molecule has 6 aliphatic rings. The Bertz CT molecular complexity index is 4950. The average molecular weight is 1010 g/mol. The van der Waals surface area contributed by atoms with Gasteiger partial charge in [0.2, 0.25) is 24.8 Å². The molecule has 14 aromatic rings. The SMILES string of the molecule is c1cc2c3c(c1)-n1ccc[n+]1C31c3c(cccc3-n3cc(-c4ccc5ccccn45)c[n+]31)O2.c1ccc(-c2ccc(-c3cn4[n+](c3)C35c6c(cccc6-4)Oc4cccc(c43)-n3cc(-c4ccc6ccccn46)c[n+]35)cc2)cc1. The van der Waals surface area contributed by atoms with Gasteiger partial charge in [-0.15, -0.1) is 18.7 Å². The van der Waals surface area contributed by atoms with Crippen molar-refractivity contribution in [1.82, 2.24) is 27.5 Å². The Hall–Kier alpha value is -10.7. The monoisotopic (exact) mass is 1010 g/mol. The van der Waals surface area contributed by atoms with Crippen LogP contribution in [0.1, 0.15) is 22.3 Å². The molecular formula is C66H42N10O2+4. The molecule has 0 N–H and O–H groups in total. The molecule has 0 amide bonds. The molecule has 14 heterocycles. The Morgan fingerprint density at radius 2 is 0.705 bits per heavy atom. The average Bonchev–Trinajstić information content (AvgIpc) is 4.18. The van der Waals surface area contributed by atoms with Gasteiger partial charge in [-0.3, -0.25) is 0 Å². The Morgan fingerprint density at radius 1 is 0.295 bits per heavy atom. The van der Waals surface area contributed by atoms with Crippen LogP contribution in [0.4, 0.5) is 0 Å². The summed E-state index contributed by atoms with van der Waals surface area (Å²) in [6.07, 6.45) is 22.2. The van der Waals surface area contributed by atoms with Gasteiger partial charge in [-0.05, 0) is 132 Å². The van der Waals surface area contributed by atoms with Crippen molar-refractivity contribution in [3.8, 4) is 90.5 Å². The number of fused-ring (bicyclic) bond motifs is 10. The zero-order valence-corrected chi connectivity index (χ0v) is 41.5. The fraction of sp³-hybridized carbons (Fsp3) is 0.0303. The van der Waals surface area contributed by atoms with Gasteiger partial charge in [-0.2, -0.15) is 0 Å². The molecule has 78 heavy (non-hydrogen) atoms. The predicted molar refractivity (Wildman–Crippen MR) is 291 cm³/mol. The topological polar surface area (TPSA) is 62.5 Å². The van der Waals surface area contributed by atoms with Crippen LogP contribution in [0.25, 0.3) is 78.6 Å². The first kappa shape index (κ1) is 40.6. The van der Waals surface area contributed by atoms with Gasteiger partial charge in [0, 0.05) is 29.5 Å².